The van der Waals surface area contributed by atoms with E-state index in [1.54, 1.807) is 0 Å². The van der Waals surface area contributed by atoms with Crippen LogP contribution in [0.2, 0.25) is 0 Å². The molecule has 0 radical (unpaired) electrons. The van der Waals surface area contributed by atoms with Gasteiger partial charge in [0.05, 0.1) is 0 Å². The molecule has 1 aromatic rings. The minimum Gasteiger partial charge on any atom is -0.461 e. The van der Waals surface area contributed by atoms with Crippen molar-refractivity contribution in [2.24, 2.45) is 11.8 Å². The molecule has 170 valence electrons. The number of esters is 1. The van der Waals surface area contributed by atoms with Gasteiger partial charge in [0.25, 0.3) is 0 Å². The van der Waals surface area contributed by atoms with Crippen LogP contribution in [-0.2, 0) is 20.9 Å². The fourth-order valence-electron chi connectivity index (χ4n) is 3.55. The van der Waals surface area contributed by atoms with Gasteiger partial charge in [0.2, 0.25) is 0 Å². The molecule has 30 heavy (non-hydrogen) atoms. The third kappa shape index (κ3) is 12.1. The maximum absolute atomic E-state index is 12.1. The average Bonchev–Trinajstić information content (AvgIpc) is 2.74. The Balaban J connectivity index is 0.00000141. The van der Waals surface area contributed by atoms with Crippen molar-refractivity contribution >= 4 is 5.97 Å². The van der Waals surface area contributed by atoms with E-state index in [9.17, 15) is 4.79 Å². The van der Waals surface area contributed by atoms with Crippen LogP contribution in [0.15, 0.2) is 42.5 Å². The van der Waals surface area contributed by atoms with E-state index in [0.717, 1.165) is 44.6 Å². The van der Waals surface area contributed by atoms with Gasteiger partial charge < -0.3 is 14.8 Å². The zero-order chi connectivity index (χ0) is 22.0. The molecule has 1 saturated heterocycles. The minimum atomic E-state index is -0.136. The van der Waals surface area contributed by atoms with Crippen LogP contribution in [0.3, 0.4) is 0 Å². The van der Waals surface area contributed by atoms with E-state index in [2.05, 4.69) is 38.2 Å². The molecule has 2 unspecified atom stereocenters. The molecule has 1 heterocycles. The van der Waals surface area contributed by atoms with Gasteiger partial charge in [-0.25, -0.2) is 0 Å². The molecule has 3 atom stereocenters. The van der Waals surface area contributed by atoms with Crippen molar-refractivity contribution in [1.82, 2.24) is 5.32 Å². The Morgan fingerprint density at radius 3 is 2.67 bits per heavy atom. The van der Waals surface area contributed by atoms with Crippen LogP contribution < -0.4 is 5.32 Å². The lowest BCUT2D eigenvalue weighted by molar-refractivity contribution is -0.145. The van der Waals surface area contributed by atoms with Gasteiger partial charge in [-0.1, -0.05) is 69.7 Å². The second-order valence-corrected chi connectivity index (χ2v) is 8.21. The van der Waals surface area contributed by atoms with Gasteiger partial charge in [-0.05, 0) is 56.6 Å². The molecule has 4 nitrogen and oxygen atoms in total. The highest BCUT2D eigenvalue weighted by Gasteiger charge is 2.20. The van der Waals surface area contributed by atoms with Gasteiger partial charge in [-0.15, -0.1) is 0 Å². The maximum atomic E-state index is 12.1. The molecule has 1 N–H and O–H groups in total. The largest absolute Gasteiger partial charge is 0.461 e. The molecule has 0 bridgehead atoms. The van der Waals surface area contributed by atoms with Gasteiger partial charge in [0, 0.05) is 25.7 Å². The van der Waals surface area contributed by atoms with Crippen molar-refractivity contribution in [2.45, 2.75) is 78.9 Å². The summed E-state index contributed by atoms with van der Waals surface area (Å²) in [7, 11) is 0. The summed E-state index contributed by atoms with van der Waals surface area (Å²) < 4.78 is 11.0. The molecule has 1 aliphatic heterocycles. The first-order chi connectivity index (χ1) is 14.6. The number of nitrogens with one attached hydrogen (secondary N) is 1. The van der Waals surface area contributed by atoms with Crippen molar-refractivity contribution in [3.8, 4) is 0 Å². The van der Waals surface area contributed by atoms with Gasteiger partial charge in [-0.3, -0.25) is 4.79 Å². The zero-order valence-electron chi connectivity index (χ0n) is 19.6. The molecule has 1 aromatic carbocycles. The molecule has 0 spiro atoms. The van der Waals surface area contributed by atoms with Crippen LogP contribution in [0.25, 0.3) is 0 Å². The topological polar surface area (TPSA) is 47.6 Å². The van der Waals surface area contributed by atoms with E-state index in [-0.39, 0.29) is 12.0 Å². The normalized spacial score (nSPS) is 20.5. The summed E-state index contributed by atoms with van der Waals surface area (Å²) in [4.78, 5) is 12.1. The van der Waals surface area contributed by atoms with Gasteiger partial charge >= 0.3 is 5.97 Å². The molecule has 0 saturated carbocycles. The SMILES string of the molecule is C/C=C\[C@H](CCC(=O)OCc1ccccc1)NCC1CCOCCCC1C.CCC. The van der Waals surface area contributed by atoms with Crippen LogP contribution in [0.1, 0.15) is 71.8 Å². The number of benzene rings is 1. The van der Waals surface area contributed by atoms with E-state index >= 15 is 0 Å². The lowest BCUT2D eigenvalue weighted by atomic mass is 9.86. The number of allylic oxidation sites excluding steroid dienone is 1. The molecular weight excluding hydrogens is 374 g/mol. The second kappa shape index (κ2) is 17.1. The Bertz CT molecular complexity index is 573. The van der Waals surface area contributed by atoms with Crippen LogP contribution in [0, 0.1) is 11.8 Å². The van der Waals surface area contributed by atoms with E-state index in [4.69, 9.17) is 9.47 Å². The molecule has 4 heteroatoms. The first kappa shape index (κ1) is 26.4. The molecule has 2 rings (SSSR count). The van der Waals surface area contributed by atoms with E-state index < -0.39 is 0 Å². The molecule has 0 aromatic heterocycles. The average molecular weight is 418 g/mol. The first-order valence-electron chi connectivity index (χ1n) is 11.7. The Labute approximate surface area is 184 Å². The number of carbonyl (C=O) groups excluding carboxylic acids is 1. The highest BCUT2D eigenvalue weighted by molar-refractivity contribution is 5.69. The highest BCUT2D eigenvalue weighted by atomic mass is 16.5. The van der Waals surface area contributed by atoms with Crippen molar-refractivity contribution in [1.29, 1.82) is 0 Å². The number of ether oxygens (including phenoxy) is 2. The van der Waals surface area contributed by atoms with E-state index in [1.807, 2.05) is 37.3 Å². The summed E-state index contributed by atoms with van der Waals surface area (Å²) in [5, 5.41) is 3.65. The highest BCUT2D eigenvalue weighted by Crippen LogP contribution is 2.23. The van der Waals surface area contributed by atoms with Crippen LogP contribution >= 0.6 is 0 Å². The van der Waals surface area contributed by atoms with Crippen molar-refractivity contribution < 1.29 is 14.3 Å². The third-order valence-electron chi connectivity index (χ3n) is 5.35. The summed E-state index contributed by atoms with van der Waals surface area (Å²) in [5.74, 6) is 1.20. The third-order valence-corrected chi connectivity index (χ3v) is 5.35. The summed E-state index contributed by atoms with van der Waals surface area (Å²) in [5.41, 5.74) is 1.02. The number of hydrogen-bond acceptors (Lipinski definition) is 4. The Morgan fingerprint density at radius 1 is 1.23 bits per heavy atom. The molecule has 0 aliphatic carbocycles. The Hall–Kier alpha value is -1.65. The monoisotopic (exact) mass is 417 g/mol. The van der Waals surface area contributed by atoms with Gasteiger partial charge in [0.15, 0.2) is 0 Å². The summed E-state index contributed by atoms with van der Waals surface area (Å²) >= 11 is 0. The summed E-state index contributed by atoms with van der Waals surface area (Å²) in [6.45, 7) is 11.7. The smallest absolute Gasteiger partial charge is 0.306 e. The van der Waals surface area contributed by atoms with E-state index in [1.165, 1.54) is 12.8 Å². The first-order valence-corrected chi connectivity index (χ1v) is 11.7. The van der Waals surface area contributed by atoms with Crippen LogP contribution in [-0.4, -0.2) is 31.8 Å². The Morgan fingerprint density at radius 2 is 1.97 bits per heavy atom. The molecule has 0 amide bonds. The fraction of sp³-hybridized carbons (Fsp3) is 0.654. The van der Waals surface area contributed by atoms with E-state index in [0.29, 0.717) is 24.9 Å². The van der Waals surface area contributed by atoms with Crippen LogP contribution in [0.4, 0.5) is 0 Å². The number of hydrogen-bond donors (Lipinski definition) is 1. The minimum absolute atomic E-state index is 0.136. The van der Waals surface area contributed by atoms with Gasteiger partial charge in [-0.2, -0.15) is 0 Å². The lowest BCUT2D eigenvalue weighted by Gasteiger charge is -2.28. The fourth-order valence-corrected chi connectivity index (χ4v) is 3.55. The predicted molar refractivity (Wildman–Crippen MR) is 125 cm³/mol. The zero-order valence-corrected chi connectivity index (χ0v) is 19.6. The summed E-state index contributed by atoms with van der Waals surface area (Å²) in [6.07, 6.45) is 10.1. The molecule has 1 aliphatic rings. The van der Waals surface area contributed by atoms with Crippen molar-refractivity contribution in [3.63, 3.8) is 0 Å². The standard InChI is InChI=1S/C23H35NO3.C3H8/c1-3-8-22(24-17-21-14-16-26-15-7-9-19(21)2)12-13-23(25)27-18-20-10-5-4-6-11-20;1-3-2/h3-6,8,10-11,19,21-22,24H,7,9,12-18H2,1-2H3;3H2,1-2H3/b8-3-;/t19?,21?,22-;/m1./s1. The predicted octanol–water partition coefficient (Wildman–Crippen LogP) is 5.91. The number of rotatable bonds is 9. The van der Waals surface area contributed by atoms with Crippen molar-refractivity contribution in [2.75, 3.05) is 19.8 Å². The Kier molecular flexibility index (Phi) is 15.0. The second-order valence-electron chi connectivity index (χ2n) is 8.21. The van der Waals surface area contributed by atoms with Gasteiger partial charge in [0.1, 0.15) is 6.61 Å². The van der Waals surface area contributed by atoms with Crippen molar-refractivity contribution in [3.05, 3.63) is 48.0 Å². The molecular formula is C26H43NO3. The lowest BCUT2D eigenvalue weighted by Crippen LogP contribution is -2.36. The maximum Gasteiger partial charge on any atom is 0.306 e. The molecule has 1 fully saturated rings. The number of carbonyl (C=O) groups is 1. The van der Waals surface area contributed by atoms with Crippen LogP contribution in [0.5, 0.6) is 0 Å². The quantitative estimate of drug-likeness (QED) is 0.400. The summed E-state index contributed by atoms with van der Waals surface area (Å²) in [6, 6.07) is 10.0.